The van der Waals surface area contributed by atoms with E-state index in [-0.39, 0.29) is 17.7 Å². The van der Waals surface area contributed by atoms with Gasteiger partial charge in [0.2, 0.25) is 5.91 Å². The van der Waals surface area contributed by atoms with Crippen molar-refractivity contribution in [1.29, 1.82) is 0 Å². The number of carboxylic acid groups (broad SMARTS) is 1. The van der Waals surface area contributed by atoms with E-state index in [4.69, 9.17) is 5.11 Å². The number of para-hydroxylation sites is 1. The average molecular weight is 314 g/mol. The highest BCUT2D eigenvalue weighted by Crippen LogP contribution is 2.29. The topological polar surface area (TPSA) is 82.2 Å². The lowest BCUT2D eigenvalue weighted by Gasteiger charge is -2.25. The van der Waals surface area contributed by atoms with Crippen LogP contribution < -0.4 is 5.32 Å². The van der Waals surface area contributed by atoms with Crippen LogP contribution >= 0.6 is 0 Å². The molecule has 2 aromatic rings. The fraction of sp³-hybridized carbons (Fsp3) is 0.444. The van der Waals surface area contributed by atoms with E-state index < -0.39 is 5.97 Å². The fourth-order valence-corrected chi connectivity index (χ4v) is 3.46. The quantitative estimate of drug-likeness (QED) is 0.793. The molecule has 5 nitrogen and oxygen atoms in total. The molecular formula is C18H22N2O3. The molecule has 122 valence electrons. The lowest BCUT2D eigenvalue weighted by Crippen LogP contribution is -2.36. The Morgan fingerprint density at radius 1 is 1.22 bits per heavy atom. The Kier molecular flexibility index (Phi) is 4.65. The van der Waals surface area contributed by atoms with Gasteiger partial charge in [-0.15, -0.1) is 0 Å². The zero-order valence-electron chi connectivity index (χ0n) is 13.0. The molecule has 1 amide bonds. The molecule has 0 aliphatic heterocycles. The summed E-state index contributed by atoms with van der Waals surface area (Å²) in [6, 6.07) is 8.10. The van der Waals surface area contributed by atoms with Crippen molar-refractivity contribution in [3.8, 4) is 0 Å². The number of benzene rings is 1. The van der Waals surface area contributed by atoms with Crippen LogP contribution in [0.5, 0.6) is 0 Å². The largest absolute Gasteiger partial charge is 0.481 e. The third-order valence-electron chi connectivity index (χ3n) is 4.76. The lowest BCUT2D eigenvalue weighted by atomic mass is 9.81. The van der Waals surface area contributed by atoms with Crippen molar-refractivity contribution in [2.45, 2.75) is 32.1 Å². The van der Waals surface area contributed by atoms with Crippen LogP contribution in [0.3, 0.4) is 0 Å². The summed E-state index contributed by atoms with van der Waals surface area (Å²) in [6.45, 7) is 0.578. The van der Waals surface area contributed by atoms with E-state index in [1.807, 2.05) is 24.4 Å². The molecule has 5 heteroatoms. The first-order chi connectivity index (χ1) is 11.1. The molecule has 3 rings (SSSR count). The summed E-state index contributed by atoms with van der Waals surface area (Å²) < 4.78 is 0. The van der Waals surface area contributed by atoms with Crippen molar-refractivity contribution in [1.82, 2.24) is 10.3 Å². The summed E-state index contributed by atoms with van der Waals surface area (Å²) in [4.78, 5) is 26.6. The van der Waals surface area contributed by atoms with Crippen LogP contribution in [0.15, 0.2) is 30.5 Å². The van der Waals surface area contributed by atoms with Gasteiger partial charge in [0.05, 0.1) is 5.92 Å². The number of hydrogen-bond acceptors (Lipinski definition) is 2. The normalized spacial score (nSPS) is 21.2. The minimum absolute atomic E-state index is 0.00390. The summed E-state index contributed by atoms with van der Waals surface area (Å²) in [5.41, 5.74) is 2.29. The van der Waals surface area contributed by atoms with Gasteiger partial charge in [0, 0.05) is 29.6 Å². The number of hydrogen-bond donors (Lipinski definition) is 3. The van der Waals surface area contributed by atoms with Gasteiger partial charge >= 0.3 is 5.97 Å². The number of fused-ring (bicyclic) bond motifs is 1. The summed E-state index contributed by atoms with van der Waals surface area (Å²) in [7, 11) is 0. The first kappa shape index (κ1) is 15.6. The SMILES string of the molecule is O=C(O)C1CCCC(C(=O)NCCc2c[nH]c3ccccc23)C1. The predicted molar refractivity (Wildman–Crippen MR) is 88.1 cm³/mol. The molecule has 2 unspecified atom stereocenters. The van der Waals surface area contributed by atoms with Crippen LogP contribution in [-0.4, -0.2) is 28.5 Å². The molecule has 1 aliphatic rings. The van der Waals surface area contributed by atoms with E-state index in [0.29, 0.717) is 19.4 Å². The van der Waals surface area contributed by atoms with Crippen molar-refractivity contribution in [3.63, 3.8) is 0 Å². The molecule has 1 aromatic heterocycles. The Labute approximate surface area is 135 Å². The number of carbonyl (C=O) groups is 2. The van der Waals surface area contributed by atoms with E-state index in [2.05, 4.69) is 16.4 Å². The highest BCUT2D eigenvalue weighted by atomic mass is 16.4. The standard InChI is InChI=1S/C18H22N2O3/c21-17(12-4-3-5-13(10-12)18(22)23)19-9-8-14-11-20-16-7-2-1-6-15(14)16/h1-2,6-7,11-13,20H,3-5,8-10H2,(H,19,21)(H,22,23). The number of carboxylic acids is 1. The van der Waals surface area contributed by atoms with E-state index in [1.165, 1.54) is 10.9 Å². The van der Waals surface area contributed by atoms with Gasteiger partial charge in [-0.05, 0) is 37.3 Å². The average Bonchev–Trinajstić information content (AvgIpc) is 2.98. The van der Waals surface area contributed by atoms with E-state index in [1.54, 1.807) is 0 Å². The minimum atomic E-state index is -0.777. The van der Waals surface area contributed by atoms with Gasteiger partial charge in [-0.3, -0.25) is 9.59 Å². The highest BCUT2D eigenvalue weighted by Gasteiger charge is 2.30. The van der Waals surface area contributed by atoms with Crippen molar-refractivity contribution in [2.75, 3.05) is 6.54 Å². The van der Waals surface area contributed by atoms with Gasteiger partial charge < -0.3 is 15.4 Å². The van der Waals surface area contributed by atoms with Crippen molar-refractivity contribution < 1.29 is 14.7 Å². The van der Waals surface area contributed by atoms with Crippen LogP contribution in [0.1, 0.15) is 31.2 Å². The molecule has 0 radical (unpaired) electrons. The molecule has 3 N–H and O–H groups in total. The van der Waals surface area contributed by atoms with Crippen molar-refractivity contribution in [2.24, 2.45) is 11.8 Å². The van der Waals surface area contributed by atoms with Gasteiger partial charge in [-0.2, -0.15) is 0 Å². The molecule has 1 aromatic carbocycles. The van der Waals surface area contributed by atoms with Crippen molar-refractivity contribution in [3.05, 3.63) is 36.0 Å². The number of aromatic amines is 1. The third kappa shape index (κ3) is 3.55. The Bertz CT molecular complexity index is 707. The third-order valence-corrected chi connectivity index (χ3v) is 4.76. The van der Waals surface area contributed by atoms with Crippen LogP contribution in [0.25, 0.3) is 10.9 Å². The molecule has 2 atom stereocenters. The maximum absolute atomic E-state index is 12.2. The Hall–Kier alpha value is -2.30. The van der Waals surface area contributed by atoms with Gasteiger partial charge in [0.1, 0.15) is 0 Å². The van der Waals surface area contributed by atoms with Gasteiger partial charge in [0.25, 0.3) is 0 Å². The zero-order valence-corrected chi connectivity index (χ0v) is 13.0. The Morgan fingerprint density at radius 3 is 2.83 bits per heavy atom. The van der Waals surface area contributed by atoms with Crippen LogP contribution in [-0.2, 0) is 16.0 Å². The maximum Gasteiger partial charge on any atom is 0.306 e. The van der Waals surface area contributed by atoms with Crippen molar-refractivity contribution >= 4 is 22.8 Å². The number of aliphatic carboxylic acids is 1. The second-order valence-corrected chi connectivity index (χ2v) is 6.30. The summed E-state index contributed by atoms with van der Waals surface area (Å²) in [6.07, 6.45) is 5.52. The number of aromatic nitrogens is 1. The van der Waals surface area contributed by atoms with E-state index in [0.717, 1.165) is 24.8 Å². The van der Waals surface area contributed by atoms with E-state index >= 15 is 0 Å². The molecular weight excluding hydrogens is 292 g/mol. The number of amides is 1. The fourth-order valence-electron chi connectivity index (χ4n) is 3.46. The molecule has 1 fully saturated rings. The molecule has 0 bridgehead atoms. The monoisotopic (exact) mass is 314 g/mol. The molecule has 0 spiro atoms. The number of rotatable bonds is 5. The summed E-state index contributed by atoms with van der Waals surface area (Å²) >= 11 is 0. The number of carbonyl (C=O) groups excluding carboxylic acids is 1. The first-order valence-corrected chi connectivity index (χ1v) is 8.20. The summed E-state index contributed by atoms with van der Waals surface area (Å²) in [5.74, 6) is -1.31. The molecule has 1 aliphatic carbocycles. The molecule has 1 saturated carbocycles. The van der Waals surface area contributed by atoms with Gasteiger partial charge in [-0.1, -0.05) is 24.6 Å². The second-order valence-electron chi connectivity index (χ2n) is 6.30. The van der Waals surface area contributed by atoms with Crippen LogP contribution in [0, 0.1) is 11.8 Å². The molecule has 0 saturated heterocycles. The Morgan fingerprint density at radius 2 is 2.00 bits per heavy atom. The number of nitrogens with one attached hydrogen (secondary N) is 2. The molecule has 23 heavy (non-hydrogen) atoms. The summed E-state index contributed by atoms with van der Waals surface area (Å²) in [5, 5.41) is 13.3. The number of H-pyrrole nitrogens is 1. The minimum Gasteiger partial charge on any atom is -0.481 e. The Balaban J connectivity index is 1.52. The van der Waals surface area contributed by atoms with Crippen LogP contribution in [0.4, 0.5) is 0 Å². The smallest absolute Gasteiger partial charge is 0.306 e. The van der Waals surface area contributed by atoms with Gasteiger partial charge in [-0.25, -0.2) is 0 Å². The lowest BCUT2D eigenvalue weighted by molar-refractivity contribution is -0.144. The van der Waals surface area contributed by atoms with Gasteiger partial charge in [0.15, 0.2) is 0 Å². The zero-order chi connectivity index (χ0) is 16.2. The van der Waals surface area contributed by atoms with Crippen LogP contribution in [0.2, 0.25) is 0 Å². The van der Waals surface area contributed by atoms with E-state index in [9.17, 15) is 9.59 Å². The predicted octanol–water partition coefficient (Wildman–Crippen LogP) is 2.72. The highest BCUT2D eigenvalue weighted by molar-refractivity contribution is 5.83. The maximum atomic E-state index is 12.2. The molecule has 1 heterocycles. The second kappa shape index (κ2) is 6.86. The first-order valence-electron chi connectivity index (χ1n) is 8.20.